The molecule has 1 aliphatic carbocycles. The monoisotopic (exact) mass is 538 g/mol. The van der Waals surface area contributed by atoms with Crippen LogP contribution in [0.1, 0.15) is 69.6 Å². The maximum Gasteiger partial charge on any atom is 0.264 e. The van der Waals surface area contributed by atoms with Crippen molar-refractivity contribution in [3.63, 3.8) is 0 Å². The Hall–Kier alpha value is -1.94. The summed E-state index contributed by atoms with van der Waals surface area (Å²) in [7, 11) is -3.69. The molecule has 2 aliphatic rings. The van der Waals surface area contributed by atoms with Gasteiger partial charge in [-0.25, -0.2) is 8.42 Å². The van der Waals surface area contributed by atoms with E-state index in [0.717, 1.165) is 16.0 Å². The van der Waals surface area contributed by atoms with Crippen LogP contribution in [0.25, 0.3) is 0 Å². The number of benzene rings is 1. The van der Waals surface area contributed by atoms with Crippen molar-refractivity contribution in [2.24, 2.45) is 0 Å². The van der Waals surface area contributed by atoms with Crippen molar-refractivity contribution in [2.45, 2.75) is 69.1 Å². The molecule has 2 amide bonds. The van der Waals surface area contributed by atoms with Crippen LogP contribution in [0.2, 0.25) is 5.02 Å². The molecule has 0 spiro atoms. The minimum Gasteiger partial charge on any atom is -0.392 e. The summed E-state index contributed by atoms with van der Waals surface area (Å²) in [4.78, 5) is 29.3. The van der Waals surface area contributed by atoms with Gasteiger partial charge in [0.25, 0.3) is 11.8 Å². The first kappa shape index (κ1) is 26.1. The Kier molecular flexibility index (Phi) is 6.85. The topological polar surface area (TPSA) is 104 Å². The third-order valence-corrected chi connectivity index (χ3v) is 12.2. The summed E-state index contributed by atoms with van der Waals surface area (Å²) in [6.45, 7) is 7.21. The van der Waals surface area contributed by atoms with Crippen LogP contribution in [0.15, 0.2) is 24.3 Å². The average Bonchev–Trinajstić information content (AvgIpc) is 3.51. The second-order valence-corrected chi connectivity index (χ2v) is 14.7. The van der Waals surface area contributed by atoms with Crippen molar-refractivity contribution in [3.8, 4) is 0 Å². The van der Waals surface area contributed by atoms with E-state index in [0.29, 0.717) is 47.8 Å². The summed E-state index contributed by atoms with van der Waals surface area (Å²) in [5.41, 5.74) is 2.19. The Labute approximate surface area is 215 Å². The quantitative estimate of drug-likeness (QED) is 0.533. The van der Waals surface area contributed by atoms with E-state index in [1.165, 1.54) is 18.3 Å². The number of thiophene rings is 1. The van der Waals surface area contributed by atoms with E-state index < -0.39 is 25.4 Å². The zero-order valence-electron chi connectivity index (χ0n) is 20.4. The van der Waals surface area contributed by atoms with E-state index in [-0.39, 0.29) is 18.4 Å². The number of nitrogens with one attached hydrogen (secondary N) is 1. The van der Waals surface area contributed by atoms with Gasteiger partial charge in [-0.05, 0) is 70.2 Å². The summed E-state index contributed by atoms with van der Waals surface area (Å²) < 4.78 is 24.5. The van der Waals surface area contributed by atoms with Gasteiger partial charge >= 0.3 is 0 Å². The van der Waals surface area contributed by atoms with E-state index in [1.807, 2.05) is 19.1 Å². The molecule has 1 aromatic carbocycles. The van der Waals surface area contributed by atoms with Gasteiger partial charge in [-0.3, -0.25) is 9.59 Å². The number of carbonyl (C=O) groups is 2. The van der Waals surface area contributed by atoms with Crippen molar-refractivity contribution in [1.82, 2.24) is 10.2 Å². The number of halogens is 1. The molecule has 10 heteroatoms. The van der Waals surface area contributed by atoms with E-state index in [1.54, 1.807) is 30.9 Å². The summed E-state index contributed by atoms with van der Waals surface area (Å²) in [5, 5.41) is 13.7. The van der Waals surface area contributed by atoms with Crippen LogP contribution in [0, 0.1) is 6.92 Å². The predicted molar refractivity (Wildman–Crippen MR) is 138 cm³/mol. The van der Waals surface area contributed by atoms with Crippen LogP contribution in [0.3, 0.4) is 0 Å². The van der Waals surface area contributed by atoms with Crippen LogP contribution < -0.4 is 5.32 Å². The van der Waals surface area contributed by atoms with Crippen LogP contribution >= 0.6 is 22.9 Å². The maximum absolute atomic E-state index is 13.4. The first-order valence-electron chi connectivity index (χ1n) is 11.7. The molecule has 1 aromatic heterocycles. The first-order valence-corrected chi connectivity index (χ1v) is 14.3. The Morgan fingerprint density at radius 1 is 1.29 bits per heavy atom. The molecule has 2 aromatic rings. The number of hydrogen-bond donors (Lipinski definition) is 2. The number of fused-ring (bicyclic) bond motifs is 1. The first-order chi connectivity index (χ1) is 16.3. The number of rotatable bonds is 8. The van der Waals surface area contributed by atoms with Gasteiger partial charge in [-0.1, -0.05) is 23.7 Å². The van der Waals surface area contributed by atoms with E-state index in [2.05, 4.69) is 5.32 Å². The second kappa shape index (κ2) is 9.18. The molecule has 4 rings (SSSR count). The van der Waals surface area contributed by atoms with Gasteiger partial charge in [0.15, 0.2) is 9.84 Å². The molecule has 1 atom stereocenters. The lowest BCUT2D eigenvalue weighted by molar-refractivity contribution is 0.0741. The van der Waals surface area contributed by atoms with Crippen molar-refractivity contribution >= 4 is 44.6 Å². The Morgan fingerprint density at radius 3 is 2.49 bits per heavy atom. The molecule has 2 N–H and O–H groups in total. The fraction of sp³-hybridized carbons (Fsp3) is 0.520. The predicted octanol–water partition coefficient (Wildman–Crippen LogP) is 3.75. The van der Waals surface area contributed by atoms with Crippen LogP contribution in [0.4, 0.5) is 0 Å². The standard InChI is InChI=1S/C25H31ClN2O5S2/c1-15-20(22(30)27-13-17-5-7-18(26)8-6-17)19-9-12-28(23(31)21(19)34-15)14-25(10-11-25)35(32,33)24(3,4)16(2)29/h5-8,16,29H,9-14H2,1-4H3,(H,27,30)/t16-/m1/s1. The molecule has 1 saturated carbocycles. The molecule has 1 fully saturated rings. The molecule has 0 saturated heterocycles. The van der Waals surface area contributed by atoms with Crippen molar-refractivity contribution in [1.29, 1.82) is 0 Å². The van der Waals surface area contributed by atoms with E-state index in [9.17, 15) is 23.1 Å². The molecule has 0 bridgehead atoms. The number of aliphatic hydroxyl groups excluding tert-OH is 1. The van der Waals surface area contributed by atoms with Gasteiger partial charge in [-0.2, -0.15) is 0 Å². The number of aliphatic hydroxyl groups is 1. The zero-order valence-corrected chi connectivity index (χ0v) is 22.7. The number of amides is 2. The zero-order chi connectivity index (χ0) is 25.8. The lowest BCUT2D eigenvalue weighted by Gasteiger charge is -2.36. The van der Waals surface area contributed by atoms with Gasteiger partial charge in [0, 0.05) is 29.5 Å². The SMILES string of the molecule is Cc1sc2c(c1C(=O)NCc1ccc(Cl)cc1)CCN(CC1(S(=O)(=O)C(C)(C)[C@@H](C)O)CC1)C2=O. The summed E-state index contributed by atoms with van der Waals surface area (Å²) in [6, 6.07) is 7.23. The summed E-state index contributed by atoms with van der Waals surface area (Å²) in [5.74, 6) is -0.455. The summed E-state index contributed by atoms with van der Waals surface area (Å²) in [6.07, 6.45) is 0.418. The average molecular weight is 539 g/mol. The molecule has 1 aliphatic heterocycles. The number of sulfone groups is 1. The Balaban J connectivity index is 1.51. The summed E-state index contributed by atoms with van der Waals surface area (Å²) >= 11 is 7.21. The fourth-order valence-corrected chi connectivity index (χ4v) is 8.42. The number of carbonyl (C=O) groups excluding carboxylic acids is 2. The molecule has 190 valence electrons. The minimum atomic E-state index is -3.69. The molecule has 0 unspecified atom stereocenters. The van der Waals surface area contributed by atoms with Crippen LogP contribution in [0.5, 0.6) is 0 Å². The molecule has 7 nitrogen and oxygen atoms in total. The number of hydrogen-bond acceptors (Lipinski definition) is 6. The molecule has 35 heavy (non-hydrogen) atoms. The third-order valence-electron chi connectivity index (χ3n) is 7.45. The van der Waals surface area contributed by atoms with Gasteiger partial charge < -0.3 is 15.3 Å². The van der Waals surface area contributed by atoms with Crippen molar-refractivity contribution in [2.75, 3.05) is 13.1 Å². The lowest BCUT2D eigenvalue weighted by Crippen LogP contribution is -2.53. The van der Waals surface area contributed by atoms with E-state index in [4.69, 9.17) is 11.6 Å². The molecular formula is C25H31ClN2O5S2. The molecule has 2 heterocycles. The normalized spacial score (nSPS) is 18.2. The van der Waals surface area contributed by atoms with Gasteiger partial charge in [-0.15, -0.1) is 11.3 Å². The third kappa shape index (κ3) is 4.52. The van der Waals surface area contributed by atoms with Gasteiger partial charge in [0.2, 0.25) is 0 Å². The highest BCUT2D eigenvalue weighted by atomic mass is 35.5. The van der Waals surface area contributed by atoms with Crippen LogP contribution in [-0.4, -0.2) is 58.9 Å². The smallest absolute Gasteiger partial charge is 0.264 e. The fourth-order valence-electron chi connectivity index (χ4n) is 4.60. The minimum absolute atomic E-state index is 0.110. The number of nitrogens with zero attached hydrogens (tertiary/aromatic N) is 1. The van der Waals surface area contributed by atoms with Gasteiger partial charge in [0.1, 0.15) is 0 Å². The van der Waals surface area contributed by atoms with Crippen LogP contribution in [-0.2, 0) is 22.8 Å². The van der Waals surface area contributed by atoms with Gasteiger partial charge in [0.05, 0.1) is 26.0 Å². The second-order valence-electron chi connectivity index (χ2n) is 10.1. The largest absolute Gasteiger partial charge is 0.392 e. The Bertz CT molecular complexity index is 1260. The highest BCUT2D eigenvalue weighted by Crippen LogP contribution is 2.50. The highest BCUT2D eigenvalue weighted by Gasteiger charge is 2.62. The highest BCUT2D eigenvalue weighted by molar-refractivity contribution is 7.94. The Morgan fingerprint density at radius 2 is 1.91 bits per heavy atom. The van der Waals surface area contributed by atoms with E-state index >= 15 is 0 Å². The molecule has 0 radical (unpaired) electrons. The maximum atomic E-state index is 13.4. The number of aryl methyl sites for hydroxylation is 1. The van der Waals surface area contributed by atoms with Crippen molar-refractivity contribution < 1.29 is 23.1 Å². The lowest BCUT2D eigenvalue weighted by atomic mass is 10.0. The molecular weight excluding hydrogens is 508 g/mol. The van der Waals surface area contributed by atoms with Crippen molar-refractivity contribution in [3.05, 3.63) is 55.7 Å².